The van der Waals surface area contributed by atoms with Crippen molar-refractivity contribution in [3.05, 3.63) is 0 Å². The molecule has 1 N–H and O–H groups in total. The number of rotatable bonds is 6. The lowest BCUT2D eigenvalue weighted by Crippen LogP contribution is -2.50. The van der Waals surface area contributed by atoms with Gasteiger partial charge in [0.1, 0.15) is 6.61 Å². The maximum absolute atomic E-state index is 11.5. The number of ether oxygens (including phenoxy) is 2. The number of amides is 1. The first-order chi connectivity index (χ1) is 7.65. The van der Waals surface area contributed by atoms with E-state index in [1.807, 2.05) is 0 Å². The molecule has 1 aliphatic heterocycles. The van der Waals surface area contributed by atoms with E-state index in [-0.39, 0.29) is 25.0 Å². The summed E-state index contributed by atoms with van der Waals surface area (Å²) in [7, 11) is 1.59. The van der Waals surface area contributed by atoms with Gasteiger partial charge in [-0.25, -0.2) is 0 Å². The fourth-order valence-corrected chi connectivity index (χ4v) is 1.72. The summed E-state index contributed by atoms with van der Waals surface area (Å²) in [6, 6.07) is -0.351. The Kier molecular flexibility index (Phi) is 5.21. The number of aliphatic carboxylic acids is 1. The quantitative estimate of drug-likeness (QED) is 0.636. The zero-order valence-electron chi connectivity index (χ0n) is 9.35. The molecule has 1 rings (SSSR count). The molecule has 0 spiro atoms. The first-order valence-corrected chi connectivity index (χ1v) is 5.23. The van der Waals surface area contributed by atoms with Gasteiger partial charge in [0.25, 0.3) is 0 Å². The van der Waals surface area contributed by atoms with Crippen molar-refractivity contribution < 1.29 is 24.2 Å². The van der Waals surface area contributed by atoms with Gasteiger partial charge >= 0.3 is 5.97 Å². The highest BCUT2D eigenvalue weighted by molar-refractivity contribution is 5.79. The Morgan fingerprint density at radius 3 is 3.06 bits per heavy atom. The summed E-state index contributed by atoms with van der Waals surface area (Å²) in [4.78, 5) is 23.8. The zero-order valence-corrected chi connectivity index (χ0v) is 9.35. The van der Waals surface area contributed by atoms with Crippen molar-refractivity contribution in [2.24, 2.45) is 0 Å². The molecule has 1 heterocycles. The molecule has 6 nitrogen and oxygen atoms in total. The Labute approximate surface area is 94.1 Å². The van der Waals surface area contributed by atoms with E-state index in [2.05, 4.69) is 0 Å². The second-order valence-electron chi connectivity index (χ2n) is 3.70. The molecule has 0 saturated carbocycles. The topological polar surface area (TPSA) is 76.1 Å². The van der Waals surface area contributed by atoms with Crippen molar-refractivity contribution in [2.45, 2.75) is 18.9 Å². The third-order valence-corrected chi connectivity index (χ3v) is 2.45. The van der Waals surface area contributed by atoms with Gasteiger partial charge in [-0.15, -0.1) is 0 Å². The first-order valence-electron chi connectivity index (χ1n) is 5.23. The minimum absolute atomic E-state index is 0.0447. The summed E-state index contributed by atoms with van der Waals surface area (Å²) in [5, 5.41) is 8.72. The van der Waals surface area contributed by atoms with Gasteiger partial charge in [0.2, 0.25) is 5.91 Å². The van der Waals surface area contributed by atoms with E-state index in [9.17, 15) is 9.59 Å². The third kappa shape index (κ3) is 3.79. The Bertz CT molecular complexity index is 256. The van der Waals surface area contributed by atoms with Crippen molar-refractivity contribution >= 4 is 11.9 Å². The van der Waals surface area contributed by atoms with Crippen LogP contribution in [0.1, 0.15) is 12.8 Å². The lowest BCUT2D eigenvalue weighted by Gasteiger charge is -2.34. The minimum atomic E-state index is -0.917. The van der Waals surface area contributed by atoms with Crippen LogP contribution in [0.5, 0.6) is 0 Å². The Hall–Kier alpha value is -1.14. The van der Waals surface area contributed by atoms with Crippen LogP contribution < -0.4 is 0 Å². The van der Waals surface area contributed by atoms with Gasteiger partial charge in [-0.3, -0.25) is 9.59 Å². The lowest BCUT2D eigenvalue weighted by atomic mass is 10.1. The van der Waals surface area contributed by atoms with Crippen LogP contribution in [0.4, 0.5) is 0 Å². The Morgan fingerprint density at radius 1 is 1.69 bits per heavy atom. The number of hydrogen-bond acceptors (Lipinski definition) is 4. The minimum Gasteiger partial charge on any atom is -0.481 e. The normalized spacial score (nSPS) is 21.2. The van der Waals surface area contributed by atoms with Gasteiger partial charge in [-0.2, -0.15) is 0 Å². The van der Waals surface area contributed by atoms with E-state index in [1.165, 1.54) is 0 Å². The molecule has 1 unspecified atom stereocenters. The molecule has 0 aromatic carbocycles. The molecular formula is C10H17NO5. The summed E-state index contributed by atoms with van der Waals surface area (Å²) >= 11 is 0. The number of nitrogens with zero attached hydrogens (tertiary/aromatic N) is 1. The van der Waals surface area contributed by atoms with Crippen molar-refractivity contribution in [1.29, 1.82) is 0 Å². The second kappa shape index (κ2) is 6.44. The largest absolute Gasteiger partial charge is 0.481 e. The number of carboxylic acids is 1. The van der Waals surface area contributed by atoms with Crippen molar-refractivity contribution in [3.8, 4) is 0 Å². The predicted octanol–water partition coefficient (Wildman–Crippen LogP) is -0.275. The maximum Gasteiger partial charge on any atom is 0.305 e. The van der Waals surface area contributed by atoms with Gasteiger partial charge in [-0.05, 0) is 6.42 Å². The molecule has 1 atom stereocenters. The van der Waals surface area contributed by atoms with E-state index in [1.54, 1.807) is 12.0 Å². The average molecular weight is 231 g/mol. The Morgan fingerprint density at radius 2 is 2.44 bits per heavy atom. The van der Waals surface area contributed by atoms with E-state index >= 15 is 0 Å². The predicted molar refractivity (Wildman–Crippen MR) is 55.1 cm³/mol. The fraction of sp³-hybridized carbons (Fsp3) is 0.800. The second-order valence-corrected chi connectivity index (χ2v) is 3.70. The number of hydrogen-bond donors (Lipinski definition) is 1. The Balaban J connectivity index is 2.49. The standard InChI is InChI=1S/C10H17NO5/c1-15-4-2-3-11-8(5-10(13)14)6-16-7-9(11)12/h8H,2-7H2,1H3,(H,13,14). The van der Waals surface area contributed by atoms with E-state index < -0.39 is 5.97 Å². The number of carbonyl (C=O) groups excluding carboxylic acids is 1. The molecule has 1 saturated heterocycles. The number of methoxy groups -OCH3 is 1. The van der Waals surface area contributed by atoms with Crippen LogP contribution in [0.3, 0.4) is 0 Å². The molecule has 0 aliphatic carbocycles. The van der Waals surface area contributed by atoms with Gasteiger partial charge in [-0.1, -0.05) is 0 Å². The van der Waals surface area contributed by atoms with Gasteiger partial charge in [0.15, 0.2) is 0 Å². The van der Waals surface area contributed by atoms with Crippen LogP contribution in [0.2, 0.25) is 0 Å². The monoisotopic (exact) mass is 231 g/mol. The van der Waals surface area contributed by atoms with E-state index in [0.29, 0.717) is 26.2 Å². The van der Waals surface area contributed by atoms with Crippen LogP contribution in [-0.4, -0.2) is 61.4 Å². The molecular weight excluding hydrogens is 214 g/mol. The molecule has 0 bridgehead atoms. The summed E-state index contributed by atoms with van der Waals surface area (Å²) in [5.74, 6) is -1.06. The number of carbonyl (C=O) groups is 2. The molecule has 0 aromatic heterocycles. The van der Waals surface area contributed by atoms with Crippen molar-refractivity contribution in [1.82, 2.24) is 4.90 Å². The summed E-state index contributed by atoms with van der Waals surface area (Å²) in [6.07, 6.45) is 0.636. The van der Waals surface area contributed by atoms with E-state index in [4.69, 9.17) is 14.6 Å². The highest BCUT2D eigenvalue weighted by Gasteiger charge is 2.29. The zero-order chi connectivity index (χ0) is 12.0. The molecule has 1 amide bonds. The highest BCUT2D eigenvalue weighted by atomic mass is 16.5. The van der Waals surface area contributed by atoms with Gasteiger partial charge in [0, 0.05) is 20.3 Å². The van der Waals surface area contributed by atoms with Crippen LogP contribution in [-0.2, 0) is 19.1 Å². The number of carboxylic acid groups (broad SMARTS) is 1. The molecule has 1 aliphatic rings. The lowest BCUT2D eigenvalue weighted by molar-refractivity contribution is -0.152. The van der Waals surface area contributed by atoms with Crippen LogP contribution in [0, 0.1) is 0 Å². The van der Waals surface area contributed by atoms with Gasteiger partial charge in [0.05, 0.1) is 19.1 Å². The summed E-state index contributed by atoms with van der Waals surface area (Å²) in [5.41, 5.74) is 0. The molecule has 6 heteroatoms. The molecule has 1 fully saturated rings. The van der Waals surface area contributed by atoms with Gasteiger partial charge < -0.3 is 19.5 Å². The average Bonchev–Trinajstić information content (AvgIpc) is 2.21. The third-order valence-electron chi connectivity index (χ3n) is 2.45. The summed E-state index contributed by atoms with van der Waals surface area (Å²) in [6.45, 7) is 1.42. The van der Waals surface area contributed by atoms with Crippen LogP contribution in [0.25, 0.3) is 0 Å². The molecule has 92 valence electrons. The number of morpholine rings is 1. The van der Waals surface area contributed by atoms with E-state index in [0.717, 1.165) is 0 Å². The first kappa shape index (κ1) is 12.9. The summed E-state index contributed by atoms with van der Waals surface area (Å²) < 4.78 is 9.94. The van der Waals surface area contributed by atoms with Crippen molar-refractivity contribution in [2.75, 3.05) is 33.5 Å². The molecule has 16 heavy (non-hydrogen) atoms. The SMILES string of the molecule is COCCCN1C(=O)COCC1CC(=O)O. The van der Waals surface area contributed by atoms with Crippen molar-refractivity contribution in [3.63, 3.8) is 0 Å². The highest BCUT2D eigenvalue weighted by Crippen LogP contribution is 2.12. The molecule has 0 aromatic rings. The fourth-order valence-electron chi connectivity index (χ4n) is 1.72. The van der Waals surface area contributed by atoms with Crippen LogP contribution >= 0.6 is 0 Å². The maximum atomic E-state index is 11.5. The molecule has 0 radical (unpaired) electrons. The van der Waals surface area contributed by atoms with Crippen LogP contribution in [0.15, 0.2) is 0 Å². The smallest absolute Gasteiger partial charge is 0.305 e.